The summed E-state index contributed by atoms with van der Waals surface area (Å²) in [5, 5.41) is 35.8. The maximum absolute atomic E-state index is 13.8. The second-order valence-corrected chi connectivity index (χ2v) is 29.2. The summed E-state index contributed by atoms with van der Waals surface area (Å²) in [5.41, 5.74) is 26.4. The molecule has 6 nitrogen and oxygen atoms in total. The van der Waals surface area contributed by atoms with E-state index in [1.807, 2.05) is 0 Å². The molecule has 0 spiro atoms. The fraction of sp³-hybridized carbons (Fsp3) is 0.0385. The molecule has 1 aliphatic carbocycles. The van der Waals surface area contributed by atoms with Crippen molar-refractivity contribution >= 4 is 98.6 Å². The lowest BCUT2D eigenvalue weighted by Gasteiger charge is -2.44. The molecule has 0 amide bonds. The number of fused-ring (bicyclic) bond motifs is 12. The summed E-state index contributed by atoms with van der Waals surface area (Å²) in [6.45, 7) is 0. The molecular formula is C104H68N6. The van der Waals surface area contributed by atoms with Crippen LogP contribution in [0.2, 0.25) is 0 Å². The van der Waals surface area contributed by atoms with Gasteiger partial charge in [-0.1, -0.05) is 291 Å². The Morgan fingerprint density at radius 2 is 0.327 bits per heavy atom. The van der Waals surface area contributed by atoms with Crippen molar-refractivity contribution in [2.24, 2.45) is 11.8 Å². The SMILES string of the molecule is N#CC1C(n2c3ccc(-c4ccccc4)cc3c3cc(-c4ccccc4)ccc32)=C(n2c3ccc(-c4ccccc4)cc3c3cc(-c4ccccc4)ccc32)C(C#N)C(n2c3ccc(-c4ccccc4)cc3c3cc(-c4ccccc4)ccc32)C1n1c2ccc(-c3ccccc3)cc2c2cc(-c3ccccc3)ccc21. The van der Waals surface area contributed by atoms with E-state index in [0.29, 0.717) is 0 Å². The van der Waals surface area contributed by atoms with Crippen molar-refractivity contribution in [1.29, 1.82) is 10.5 Å². The van der Waals surface area contributed by atoms with Gasteiger partial charge in [-0.05, 0) is 186 Å². The number of aromatic nitrogens is 4. The zero-order valence-electron chi connectivity index (χ0n) is 59.9. The molecule has 1 aliphatic rings. The topological polar surface area (TPSA) is 67.3 Å². The van der Waals surface area contributed by atoms with Crippen LogP contribution in [0.15, 0.2) is 388 Å². The lowest BCUT2D eigenvalue weighted by molar-refractivity contribution is 0.275. The molecule has 0 radical (unpaired) electrons. The van der Waals surface area contributed by atoms with Gasteiger partial charge in [0.25, 0.3) is 0 Å². The normalized spacial score (nSPS) is 15.2. The lowest BCUT2D eigenvalue weighted by Crippen LogP contribution is -2.40. The molecule has 4 heterocycles. The van der Waals surface area contributed by atoms with Crippen LogP contribution in [0.1, 0.15) is 12.1 Å². The fourth-order valence-electron chi connectivity index (χ4n) is 18.2. The summed E-state index contributed by atoms with van der Waals surface area (Å²) in [5.74, 6) is -2.02. The van der Waals surface area contributed by atoms with E-state index >= 15 is 0 Å². The van der Waals surface area contributed by atoms with Gasteiger partial charge in [-0.15, -0.1) is 0 Å². The van der Waals surface area contributed by atoms with Crippen molar-refractivity contribution in [2.75, 3.05) is 0 Å². The highest BCUT2D eigenvalue weighted by atomic mass is 15.2. The van der Waals surface area contributed by atoms with Crippen molar-refractivity contribution in [2.45, 2.75) is 12.1 Å². The second-order valence-electron chi connectivity index (χ2n) is 29.2. The Bertz CT molecular complexity index is 6320. The molecule has 16 aromatic carbocycles. The van der Waals surface area contributed by atoms with Crippen LogP contribution >= 0.6 is 0 Å². The Labute approximate surface area is 636 Å². The van der Waals surface area contributed by atoms with Gasteiger partial charge in [-0.2, -0.15) is 10.5 Å². The third kappa shape index (κ3) is 10.4. The molecule has 21 rings (SSSR count). The molecule has 0 aliphatic heterocycles. The van der Waals surface area contributed by atoms with Gasteiger partial charge in [0.05, 0.1) is 57.7 Å². The molecule has 4 atom stereocenters. The van der Waals surface area contributed by atoms with Gasteiger partial charge in [-0.25, -0.2) is 0 Å². The van der Waals surface area contributed by atoms with E-state index < -0.39 is 23.9 Å². The second kappa shape index (κ2) is 26.2. The average molecular weight is 1400 g/mol. The Morgan fingerprint density at radius 1 is 0.173 bits per heavy atom. The fourth-order valence-corrected chi connectivity index (χ4v) is 18.2. The maximum Gasteiger partial charge on any atom is 0.111 e. The van der Waals surface area contributed by atoms with Crippen LogP contribution in [-0.2, 0) is 0 Å². The van der Waals surface area contributed by atoms with E-state index in [9.17, 15) is 10.5 Å². The number of allylic oxidation sites excluding steroid dienone is 2. The van der Waals surface area contributed by atoms with Crippen LogP contribution in [0.4, 0.5) is 0 Å². The molecule has 0 saturated carbocycles. The van der Waals surface area contributed by atoms with Crippen molar-refractivity contribution in [3.05, 3.63) is 388 Å². The number of hydrogen-bond donors (Lipinski definition) is 0. The standard InChI is InChI=1S/C104H68N6/c105-65-91-101(107-93-49-41-75(67-25-9-1-10-26-67)57-83(93)84-58-76(42-50-94(84)107)68-27-11-2-12-28-68)102(108-95-51-43-77(69-29-13-3-14-30-69)59-85(95)86-60-78(44-52-96(86)108)70-31-15-4-16-32-70)92(66-106)104(110-99-55-47-81(73-37-21-7-22-38-73)63-89(99)90-64-82(48-56-100(90)110)74-39-23-8-24-40-74)103(91)109-97-53-45-79(71-33-17-5-18-34-71)61-87(97)88-62-80(46-54-98(88)109)72-35-19-6-20-36-72/h1-64,91-92,101-102H. The van der Waals surface area contributed by atoms with Crippen LogP contribution in [0.5, 0.6) is 0 Å². The Hall–Kier alpha value is -14.6. The van der Waals surface area contributed by atoms with Gasteiger partial charge < -0.3 is 18.3 Å². The molecule has 0 fully saturated rings. The molecular weight excluding hydrogens is 1330 g/mol. The number of nitrogens with zero attached hydrogens (tertiary/aromatic N) is 6. The molecule has 4 unspecified atom stereocenters. The number of hydrogen-bond acceptors (Lipinski definition) is 2. The first-order chi connectivity index (χ1) is 54.5. The highest BCUT2D eigenvalue weighted by Gasteiger charge is 2.51. The molecule has 6 heteroatoms. The average Bonchev–Trinajstić information content (AvgIpc) is 1.48. The summed E-state index contributed by atoms with van der Waals surface area (Å²) in [6.07, 6.45) is 0. The van der Waals surface area contributed by atoms with E-state index in [2.05, 4.69) is 419 Å². The minimum Gasteiger partial charge on any atom is -0.333 e. The first-order valence-corrected chi connectivity index (χ1v) is 37.8. The molecule has 514 valence electrons. The van der Waals surface area contributed by atoms with Gasteiger partial charge in [0.15, 0.2) is 0 Å². The van der Waals surface area contributed by atoms with Crippen molar-refractivity contribution in [1.82, 2.24) is 18.3 Å². The minimum atomic E-state index is -1.01. The van der Waals surface area contributed by atoms with Gasteiger partial charge in [0, 0.05) is 65.2 Å². The summed E-state index contributed by atoms with van der Waals surface area (Å²) in [6, 6.07) is 145. The smallest absolute Gasteiger partial charge is 0.111 e. The highest BCUT2D eigenvalue weighted by Crippen LogP contribution is 2.59. The van der Waals surface area contributed by atoms with E-state index in [4.69, 9.17) is 0 Å². The first kappa shape index (κ1) is 63.9. The number of rotatable bonds is 12. The van der Waals surface area contributed by atoms with Crippen LogP contribution in [-0.4, -0.2) is 18.3 Å². The van der Waals surface area contributed by atoms with Gasteiger partial charge in [-0.3, -0.25) is 0 Å². The summed E-state index contributed by atoms with van der Waals surface area (Å²) in [7, 11) is 0. The number of nitriles is 2. The molecule has 110 heavy (non-hydrogen) atoms. The summed E-state index contributed by atoms with van der Waals surface area (Å²) in [4.78, 5) is 0. The zero-order chi connectivity index (χ0) is 72.9. The Balaban J connectivity index is 0.957. The lowest BCUT2D eigenvalue weighted by atomic mass is 9.75. The van der Waals surface area contributed by atoms with Crippen LogP contribution in [0.25, 0.3) is 188 Å². The Morgan fingerprint density at radius 3 is 0.491 bits per heavy atom. The van der Waals surface area contributed by atoms with Gasteiger partial charge in [0.1, 0.15) is 11.8 Å². The van der Waals surface area contributed by atoms with E-state index in [1.54, 1.807) is 0 Å². The van der Waals surface area contributed by atoms with Crippen LogP contribution in [0, 0.1) is 34.5 Å². The molecule has 0 bridgehead atoms. The van der Waals surface area contributed by atoms with Gasteiger partial charge >= 0.3 is 0 Å². The van der Waals surface area contributed by atoms with Crippen molar-refractivity contribution in [3.63, 3.8) is 0 Å². The summed E-state index contributed by atoms with van der Waals surface area (Å²) < 4.78 is 9.83. The minimum absolute atomic E-state index is 0.730. The molecule has 4 aromatic heterocycles. The van der Waals surface area contributed by atoms with Gasteiger partial charge in [0.2, 0.25) is 0 Å². The highest BCUT2D eigenvalue weighted by molar-refractivity contribution is 6.18. The van der Waals surface area contributed by atoms with Crippen molar-refractivity contribution < 1.29 is 0 Å². The van der Waals surface area contributed by atoms with E-state index in [-0.39, 0.29) is 0 Å². The first-order valence-electron chi connectivity index (χ1n) is 37.8. The van der Waals surface area contributed by atoms with Crippen LogP contribution in [0.3, 0.4) is 0 Å². The predicted molar refractivity (Wildman–Crippen MR) is 457 cm³/mol. The van der Waals surface area contributed by atoms with E-state index in [0.717, 1.165) is 188 Å². The van der Waals surface area contributed by atoms with E-state index in [1.165, 1.54) is 0 Å². The summed E-state index contributed by atoms with van der Waals surface area (Å²) >= 11 is 0. The third-order valence-electron chi connectivity index (χ3n) is 23.2. The predicted octanol–water partition coefficient (Wildman–Crippen LogP) is 27.1. The zero-order valence-corrected chi connectivity index (χ0v) is 59.9. The number of benzene rings is 16. The molecule has 20 aromatic rings. The monoisotopic (exact) mass is 1400 g/mol. The molecule has 0 saturated heterocycles. The third-order valence-corrected chi connectivity index (χ3v) is 23.2. The largest absolute Gasteiger partial charge is 0.333 e. The van der Waals surface area contributed by atoms with Crippen molar-refractivity contribution in [3.8, 4) is 101 Å². The van der Waals surface area contributed by atoms with Crippen LogP contribution < -0.4 is 0 Å². The maximum atomic E-state index is 13.8. The Kier molecular flexibility index (Phi) is 15.2. The quantitative estimate of drug-likeness (QED) is 0.122. The molecule has 0 N–H and O–H groups in total.